The number of aliphatic hydroxyl groups excluding tert-OH is 1. The van der Waals surface area contributed by atoms with Crippen molar-refractivity contribution in [3.8, 4) is 0 Å². The number of nitrogens with two attached hydrogens (primary N) is 2. The molecule has 0 saturated carbocycles. The molecule has 0 heterocycles. The number of benzene rings is 1. The molecule has 2 atom stereocenters. The van der Waals surface area contributed by atoms with Crippen LogP contribution in [-0.2, 0) is 5.66 Å². The van der Waals surface area contributed by atoms with Crippen molar-refractivity contribution in [1.29, 1.82) is 0 Å². The van der Waals surface area contributed by atoms with E-state index >= 15 is 0 Å². The third kappa shape index (κ3) is 1.96. The van der Waals surface area contributed by atoms with Gasteiger partial charge in [0.15, 0.2) is 6.10 Å². The van der Waals surface area contributed by atoms with Crippen molar-refractivity contribution >= 4 is 0 Å². The van der Waals surface area contributed by atoms with E-state index in [1.807, 2.05) is 0 Å². The summed E-state index contributed by atoms with van der Waals surface area (Å²) in [6.07, 6.45) is -1.42. The summed E-state index contributed by atoms with van der Waals surface area (Å²) in [5.74, 6) is 0. The summed E-state index contributed by atoms with van der Waals surface area (Å²) in [5.41, 5.74) is 8.97. The molecule has 5 N–H and O–H groups in total. The van der Waals surface area contributed by atoms with Gasteiger partial charge < -0.3 is 10.8 Å². The van der Waals surface area contributed by atoms with Crippen molar-refractivity contribution in [2.24, 2.45) is 11.5 Å². The summed E-state index contributed by atoms with van der Waals surface area (Å²) in [7, 11) is 0. The van der Waals surface area contributed by atoms with Gasteiger partial charge in [-0.25, -0.2) is 0 Å². The molecule has 82 valence electrons. The maximum atomic E-state index is 10.9. The smallest absolute Gasteiger partial charge is 0.325 e. The average Bonchev–Trinajstić information content (AvgIpc) is 2.27. The Hall–Kier alpha value is -1.50. The number of nitrogens with zero attached hydrogens (tertiary/aromatic N) is 1. The molecule has 15 heavy (non-hydrogen) atoms. The molecule has 0 radical (unpaired) electrons. The Kier molecular flexibility index (Phi) is 3.35. The second-order valence-electron chi connectivity index (χ2n) is 3.20. The first-order valence-electron chi connectivity index (χ1n) is 4.40. The third-order valence-electron chi connectivity index (χ3n) is 2.27. The van der Waals surface area contributed by atoms with E-state index in [0.717, 1.165) is 0 Å². The first-order chi connectivity index (χ1) is 7.03. The molecule has 0 fully saturated rings. The molecule has 0 bridgehead atoms. The van der Waals surface area contributed by atoms with Crippen LogP contribution < -0.4 is 11.5 Å². The van der Waals surface area contributed by atoms with Crippen molar-refractivity contribution in [2.75, 3.05) is 6.54 Å². The standard InChI is InChI=1S/C9H13N3O3/c10-6-8(13)9(11,12(14)15)7-4-2-1-3-5-7/h1-5,8,13H,6,10-11H2. The summed E-state index contributed by atoms with van der Waals surface area (Å²) >= 11 is 0. The molecule has 0 aliphatic heterocycles. The van der Waals surface area contributed by atoms with Crippen LogP contribution in [0.25, 0.3) is 0 Å². The van der Waals surface area contributed by atoms with Gasteiger partial charge in [-0.1, -0.05) is 30.3 Å². The lowest BCUT2D eigenvalue weighted by Gasteiger charge is -2.25. The molecule has 0 aromatic heterocycles. The van der Waals surface area contributed by atoms with Crippen LogP contribution in [0, 0.1) is 10.1 Å². The van der Waals surface area contributed by atoms with Crippen molar-refractivity contribution in [1.82, 2.24) is 0 Å². The summed E-state index contributed by atoms with van der Waals surface area (Å²) in [6, 6.07) is 7.91. The number of rotatable bonds is 4. The van der Waals surface area contributed by atoms with Crippen molar-refractivity contribution < 1.29 is 10.0 Å². The summed E-state index contributed by atoms with van der Waals surface area (Å²) < 4.78 is 0. The van der Waals surface area contributed by atoms with Gasteiger partial charge in [0, 0.05) is 12.1 Å². The van der Waals surface area contributed by atoms with E-state index in [9.17, 15) is 15.2 Å². The van der Waals surface area contributed by atoms with Gasteiger partial charge in [0.05, 0.1) is 4.92 Å². The van der Waals surface area contributed by atoms with E-state index in [2.05, 4.69) is 0 Å². The van der Waals surface area contributed by atoms with Gasteiger partial charge in [-0.15, -0.1) is 0 Å². The van der Waals surface area contributed by atoms with E-state index in [-0.39, 0.29) is 12.1 Å². The van der Waals surface area contributed by atoms with Crippen LogP contribution >= 0.6 is 0 Å². The van der Waals surface area contributed by atoms with E-state index in [4.69, 9.17) is 11.5 Å². The topological polar surface area (TPSA) is 115 Å². The normalized spacial score (nSPS) is 16.7. The highest BCUT2D eigenvalue weighted by Crippen LogP contribution is 2.22. The Morgan fingerprint density at radius 1 is 1.47 bits per heavy atom. The first kappa shape index (κ1) is 11.6. The van der Waals surface area contributed by atoms with Crippen LogP contribution in [0.15, 0.2) is 30.3 Å². The summed E-state index contributed by atoms with van der Waals surface area (Å²) in [4.78, 5) is 10.2. The van der Waals surface area contributed by atoms with Gasteiger partial charge in [0.1, 0.15) is 0 Å². The molecular formula is C9H13N3O3. The molecule has 0 aliphatic rings. The molecule has 1 aromatic carbocycles. The summed E-state index contributed by atoms with van der Waals surface area (Å²) in [6.45, 7) is -0.271. The molecule has 1 aromatic rings. The highest BCUT2D eigenvalue weighted by molar-refractivity contribution is 5.22. The number of hydrogen-bond donors (Lipinski definition) is 3. The van der Waals surface area contributed by atoms with Gasteiger partial charge in [0.2, 0.25) is 0 Å². The second-order valence-corrected chi connectivity index (χ2v) is 3.20. The fourth-order valence-electron chi connectivity index (χ4n) is 1.30. The van der Waals surface area contributed by atoms with Gasteiger partial charge in [-0.2, -0.15) is 0 Å². The number of hydrogen-bond acceptors (Lipinski definition) is 5. The molecule has 6 nitrogen and oxygen atoms in total. The number of aliphatic hydroxyl groups is 1. The molecule has 6 heteroatoms. The zero-order valence-electron chi connectivity index (χ0n) is 8.04. The van der Waals surface area contributed by atoms with Crippen molar-refractivity contribution in [3.63, 3.8) is 0 Å². The Labute approximate surface area is 86.7 Å². The highest BCUT2D eigenvalue weighted by atomic mass is 16.6. The van der Waals surface area contributed by atoms with Gasteiger partial charge in [-0.05, 0) is 0 Å². The van der Waals surface area contributed by atoms with E-state index < -0.39 is 16.7 Å². The minimum absolute atomic E-state index is 0.230. The lowest BCUT2D eigenvalue weighted by molar-refractivity contribution is -0.591. The first-order valence-corrected chi connectivity index (χ1v) is 4.40. The zero-order chi connectivity index (χ0) is 11.5. The van der Waals surface area contributed by atoms with Crippen LogP contribution in [0.4, 0.5) is 0 Å². The molecule has 0 aliphatic carbocycles. The van der Waals surface area contributed by atoms with Crippen LogP contribution in [0.2, 0.25) is 0 Å². The zero-order valence-corrected chi connectivity index (χ0v) is 8.04. The molecule has 0 amide bonds. The molecule has 0 saturated heterocycles. The Bertz CT molecular complexity index is 344. The van der Waals surface area contributed by atoms with Gasteiger partial charge in [0.25, 0.3) is 0 Å². The summed E-state index contributed by atoms with van der Waals surface area (Å²) in [5, 5.41) is 20.4. The van der Waals surface area contributed by atoms with Crippen LogP contribution in [0.3, 0.4) is 0 Å². The quantitative estimate of drug-likeness (QED) is 0.349. The predicted octanol–water partition coefficient (Wildman–Crippen LogP) is -0.606. The maximum absolute atomic E-state index is 10.9. The van der Waals surface area contributed by atoms with E-state index in [1.165, 1.54) is 12.1 Å². The Balaban J connectivity index is 3.19. The monoisotopic (exact) mass is 211 g/mol. The molecular weight excluding hydrogens is 198 g/mol. The molecule has 1 rings (SSSR count). The molecule has 2 unspecified atom stereocenters. The predicted molar refractivity (Wildman–Crippen MR) is 54.4 cm³/mol. The highest BCUT2D eigenvalue weighted by Gasteiger charge is 2.47. The van der Waals surface area contributed by atoms with Crippen molar-refractivity contribution in [3.05, 3.63) is 46.0 Å². The lowest BCUT2D eigenvalue weighted by atomic mass is 9.95. The Morgan fingerprint density at radius 2 is 2.00 bits per heavy atom. The van der Waals surface area contributed by atoms with Gasteiger partial charge >= 0.3 is 5.66 Å². The molecule has 0 spiro atoms. The lowest BCUT2D eigenvalue weighted by Crippen LogP contribution is -2.56. The largest absolute Gasteiger partial charge is 0.382 e. The van der Waals surface area contributed by atoms with Crippen LogP contribution in [-0.4, -0.2) is 22.7 Å². The Morgan fingerprint density at radius 3 is 2.40 bits per heavy atom. The SMILES string of the molecule is NCC(O)C(N)(c1ccccc1)[N+](=O)[O-]. The van der Waals surface area contributed by atoms with Crippen LogP contribution in [0.1, 0.15) is 5.56 Å². The van der Waals surface area contributed by atoms with Crippen LogP contribution in [0.5, 0.6) is 0 Å². The van der Waals surface area contributed by atoms with E-state index in [0.29, 0.717) is 0 Å². The fourth-order valence-corrected chi connectivity index (χ4v) is 1.30. The van der Waals surface area contributed by atoms with Gasteiger partial charge in [-0.3, -0.25) is 15.8 Å². The second kappa shape index (κ2) is 4.35. The third-order valence-corrected chi connectivity index (χ3v) is 2.27. The average molecular weight is 211 g/mol. The van der Waals surface area contributed by atoms with E-state index in [1.54, 1.807) is 18.2 Å². The number of nitro groups is 1. The van der Waals surface area contributed by atoms with Crippen molar-refractivity contribution in [2.45, 2.75) is 11.8 Å². The fraction of sp³-hybridized carbons (Fsp3) is 0.333. The minimum atomic E-state index is -2.05. The minimum Gasteiger partial charge on any atom is -0.382 e. The maximum Gasteiger partial charge on any atom is 0.325 e.